The second-order valence-corrected chi connectivity index (χ2v) is 7.30. The van der Waals surface area contributed by atoms with Gasteiger partial charge in [0.25, 0.3) is 0 Å². The van der Waals surface area contributed by atoms with Crippen molar-refractivity contribution in [1.29, 1.82) is 0 Å². The number of aryl methyl sites for hydroxylation is 2. The summed E-state index contributed by atoms with van der Waals surface area (Å²) in [6, 6.07) is 11.9. The van der Waals surface area contributed by atoms with Gasteiger partial charge in [-0.25, -0.2) is 4.79 Å². The third-order valence-corrected chi connectivity index (χ3v) is 5.02. The molecule has 5 nitrogen and oxygen atoms in total. The number of methoxy groups -OCH3 is 1. The minimum Gasteiger partial charge on any atom is -0.489 e. The van der Waals surface area contributed by atoms with Crippen LogP contribution in [-0.4, -0.2) is 25.4 Å². The molecule has 2 rings (SSSR count). The summed E-state index contributed by atoms with van der Waals surface area (Å²) in [5.74, 6) is 0.448. The van der Waals surface area contributed by atoms with Gasteiger partial charge in [0.05, 0.1) is 18.4 Å². The van der Waals surface area contributed by atoms with Crippen molar-refractivity contribution in [3.8, 4) is 5.75 Å². The van der Waals surface area contributed by atoms with Crippen molar-refractivity contribution in [2.24, 2.45) is 5.16 Å². The van der Waals surface area contributed by atoms with Crippen LogP contribution in [0.3, 0.4) is 0 Å². The third kappa shape index (κ3) is 6.20. The van der Waals surface area contributed by atoms with Gasteiger partial charge in [-0.2, -0.15) is 0 Å². The fourth-order valence-electron chi connectivity index (χ4n) is 3.33. The van der Waals surface area contributed by atoms with Crippen LogP contribution in [0.1, 0.15) is 61.4 Å². The molecule has 166 valence electrons. The smallest absolute Gasteiger partial charge is 0.338 e. The molecule has 0 amide bonds. The monoisotopic (exact) mass is 423 g/mol. The Labute approximate surface area is 185 Å². The highest BCUT2D eigenvalue weighted by Gasteiger charge is 2.16. The van der Waals surface area contributed by atoms with Crippen molar-refractivity contribution in [3.05, 3.63) is 70.3 Å². The third-order valence-electron chi connectivity index (χ3n) is 5.02. The molecule has 0 N–H and O–H groups in total. The van der Waals surface area contributed by atoms with Crippen molar-refractivity contribution in [3.63, 3.8) is 0 Å². The first-order valence-electron chi connectivity index (χ1n) is 10.7. The Morgan fingerprint density at radius 3 is 2.45 bits per heavy atom. The predicted molar refractivity (Wildman–Crippen MR) is 125 cm³/mol. The van der Waals surface area contributed by atoms with Gasteiger partial charge in [0.2, 0.25) is 0 Å². The molecule has 0 aliphatic heterocycles. The zero-order chi connectivity index (χ0) is 22.8. The summed E-state index contributed by atoms with van der Waals surface area (Å²) in [4.78, 5) is 17.5. The maximum atomic E-state index is 12.1. The zero-order valence-corrected chi connectivity index (χ0v) is 19.5. The van der Waals surface area contributed by atoms with Crippen molar-refractivity contribution >= 4 is 17.3 Å². The van der Waals surface area contributed by atoms with E-state index >= 15 is 0 Å². The average Bonchev–Trinajstić information content (AvgIpc) is 2.78. The Morgan fingerprint density at radius 1 is 1.06 bits per heavy atom. The number of ether oxygens (including phenoxy) is 2. The van der Waals surface area contributed by atoms with Crippen LogP contribution in [-0.2, 0) is 21.0 Å². The molecule has 31 heavy (non-hydrogen) atoms. The first-order valence-corrected chi connectivity index (χ1v) is 10.7. The van der Waals surface area contributed by atoms with Crippen LogP contribution in [0, 0.1) is 13.8 Å². The highest BCUT2D eigenvalue weighted by molar-refractivity contribution is 6.16. The van der Waals surface area contributed by atoms with Crippen LogP contribution in [0.5, 0.6) is 5.75 Å². The highest BCUT2D eigenvalue weighted by atomic mass is 16.6. The SMILES string of the molecule is CC=C(C(=O)OC)c1ccccc1COc1cc(C)c(/C(CC)=N\OCCC)cc1C. The minimum atomic E-state index is -0.358. The van der Waals surface area contributed by atoms with Crippen molar-refractivity contribution in [2.45, 2.75) is 54.1 Å². The van der Waals surface area contributed by atoms with E-state index in [0.29, 0.717) is 18.8 Å². The van der Waals surface area contributed by atoms with Gasteiger partial charge in [0.1, 0.15) is 19.0 Å². The number of benzene rings is 2. The summed E-state index contributed by atoms with van der Waals surface area (Å²) in [6.45, 7) is 11.0. The zero-order valence-electron chi connectivity index (χ0n) is 19.5. The number of rotatable bonds is 10. The van der Waals surface area contributed by atoms with Crippen molar-refractivity contribution in [2.75, 3.05) is 13.7 Å². The molecule has 0 spiro atoms. The van der Waals surface area contributed by atoms with E-state index in [1.165, 1.54) is 7.11 Å². The van der Waals surface area contributed by atoms with Gasteiger partial charge in [-0.15, -0.1) is 0 Å². The normalized spacial score (nSPS) is 11.9. The molecule has 2 aromatic carbocycles. The first-order chi connectivity index (χ1) is 15.0. The molecule has 5 heteroatoms. The molecule has 0 unspecified atom stereocenters. The number of nitrogens with zero attached hydrogens (tertiary/aromatic N) is 1. The minimum absolute atomic E-state index is 0.346. The fraction of sp³-hybridized carbons (Fsp3) is 0.385. The number of carbonyl (C=O) groups is 1. The Balaban J connectivity index is 2.27. The quantitative estimate of drug-likeness (QED) is 0.155. The summed E-state index contributed by atoms with van der Waals surface area (Å²) in [5.41, 5.74) is 6.38. The van der Waals surface area contributed by atoms with Crippen LogP contribution < -0.4 is 4.74 Å². The van der Waals surface area contributed by atoms with Crippen molar-refractivity contribution in [1.82, 2.24) is 0 Å². The summed E-state index contributed by atoms with van der Waals surface area (Å²) in [5, 5.41) is 4.32. The van der Waals surface area contributed by atoms with Gasteiger partial charge in [-0.05, 0) is 68.0 Å². The lowest BCUT2D eigenvalue weighted by Gasteiger charge is -2.16. The molecule has 0 aliphatic carbocycles. The van der Waals surface area contributed by atoms with Gasteiger partial charge in [-0.3, -0.25) is 0 Å². The number of hydrogen-bond acceptors (Lipinski definition) is 5. The Bertz CT molecular complexity index is 960. The van der Waals surface area contributed by atoms with E-state index < -0.39 is 0 Å². The van der Waals surface area contributed by atoms with Crippen LogP contribution in [0.4, 0.5) is 0 Å². The lowest BCUT2D eigenvalue weighted by molar-refractivity contribution is -0.133. The fourth-order valence-corrected chi connectivity index (χ4v) is 3.33. The second-order valence-electron chi connectivity index (χ2n) is 7.30. The standard InChI is InChI=1S/C26H33NO4/c1-7-14-31-27-24(9-3)23-15-19(5)25(16-18(23)4)30-17-20-12-10-11-13-22(20)21(8-2)26(28)29-6/h8,10-13,15-16H,7,9,14,17H2,1-6H3/b21-8?,27-24-. The van der Waals surface area contributed by atoms with E-state index in [1.807, 2.05) is 44.2 Å². The van der Waals surface area contributed by atoms with E-state index in [-0.39, 0.29) is 5.97 Å². The van der Waals surface area contributed by atoms with Crippen LogP contribution in [0.15, 0.2) is 47.6 Å². The van der Waals surface area contributed by atoms with Crippen LogP contribution in [0.2, 0.25) is 0 Å². The molecule has 2 aromatic rings. The van der Waals surface area contributed by atoms with Gasteiger partial charge in [-0.1, -0.05) is 49.3 Å². The van der Waals surface area contributed by atoms with E-state index in [0.717, 1.165) is 52.1 Å². The Hall–Kier alpha value is -3.08. The largest absolute Gasteiger partial charge is 0.489 e. The molecular weight excluding hydrogens is 390 g/mol. The van der Waals surface area contributed by atoms with E-state index in [9.17, 15) is 4.79 Å². The van der Waals surface area contributed by atoms with E-state index in [2.05, 4.69) is 32.0 Å². The lowest BCUT2D eigenvalue weighted by Crippen LogP contribution is -2.08. The van der Waals surface area contributed by atoms with E-state index in [4.69, 9.17) is 14.3 Å². The second kappa shape index (κ2) is 11.9. The number of esters is 1. The molecule has 0 bridgehead atoms. The van der Waals surface area contributed by atoms with Gasteiger partial charge in [0, 0.05) is 5.56 Å². The molecule has 0 aromatic heterocycles. The number of oxime groups is 1. The van der Waals surface area contributed by atoms with Gasteiger partial charge < -0.3 is 14.3 Å². The molecule has 0 saturated carbocycles. The van der Waals surface area contributed by atoms with Crippen molar-refractivity contribution < 1.29 is 19.1 Å². The summed E-state index contributed by atoms with van der Waals surface area (Å²) in [7, 11) is 1.39. The predicted octanol–water partition coefficient (Wildman–Crippen LogP) is 6.00. The van der Waals surface area contributed by atoms with Crippen LogP contribution in [0.25, 0.3) is 5.57 Å². The average molecular weight is 424 g/mol. The van der Waals surface area contributed by atoms with E-state index in [1.54, 1.807) is 6.08 Å². The van der Waals surface area contributed by atoms with Gasteiger partial charge in [0.15, 0.2) is 0 Å². The summed E-state index contributed by atoms with van der Waals surface area (Å²) >= 11 is 0. The first kappa shape index (κ1) is 24.2. The maximum absolute atomic E-state index is 12.1. The highest BCUT2D eigenvalue weighted by Crippen LogP contribution is 2.27. The molecule has 0 heterocycles. The molecule has 0 aliphatic rings. The molecule has 0 fully saturated rings. The van der Waals surface area contributed by atoms with Gasteiger partial charge >= 0.3 is 5.97 Å². The Kier molecular flexibility index (Phi) is 9.32. The molecular formula is C26H33NO4. The number of hydrogen-bond donors (Lipinski definition) is 0. The maximum Gasteiger partial charge on any atom is 0.338 e. The topological polar surface area (TPSA) is 57.1 Å². The summed E-state index contributed by atoms with van der Waals surface area (Å²) < 4.78 is 11.1. The van der Waals surface area contributed by atoms with Crippen LogP contribution >= 0.6 is 0 Å². The molecule has 0 atom stereocenters. The summed E-state index contributed by atoms with van der Waals surface area (Å²) in [6.07, 6.45) is 3.48. The number of allylic oxidation sites excluding steroid dienone is 1. The Morgan fingerprint density at radius 2 is 1.81 bits per heavy atom. The molecule has 0 radical (unpaired) electrons. The lowest BCUT2D eigenvalue weighted by atomic mass is 9.98. The molecule has 0 saturated heterocycles. The number of carbonyl (C=O) groups excluding carboxylic acids is 1.